The van der Waals surface area contributed by atoms with E-state index in [1.54, 1.807) is 6.20 Å². The largest absolute Gasteiger partial charge is 0.444 e. The van der Waals surface area contributed by atoms with Crippen LogP contribution in [0.25, 0.3) is 0 Å². The Balaban J connectivity index is 1.79. The number of rotatable bonds is 0. The Morgan fingerprint density at radius 1 is 1.53 bits per heavy atom. The molecule has 0 aromatic carbocycles. The smallest absolute Gasteiger partial charge is 0.411 e. The molecule has 3 aliphatic rings. The third-order valence-electron chi connectivity index (χ3n) is 3.28. The molecule has 0 N–H and O–H groups in total. The minimum Gasteiger partial charge on any atom is -0.444 e. The molecule has 0 spiro atoms. The molecule has 0 aliphatic carbocycles. The van der Waals surface area contributed by atoms with Crippen LogP contribution in [0.5, 0.6) is 0 Å². The standard InChI is InChI=1S/C12H17N3O2/c1-12(2,3)17-11(16)15-8-6-9(15)10-13-4-5-14(10)7-8/h4-5,8-9H,6-7H2,1-3H3/t8-,9+/m0/s1. The number of imidazole rings is 1. The number of hydrogen-bond donors (Lipinski definition) is 0. The van der Waals surface area contributed by atoms with Crippen molar-refractivity contribution in [3.05, 3.63) is 18.2 Å². The van der Waals surface area contributed by atoms with Crippen molar-refractivity contribution in [2.24, 2.45) is 0 Å². The van der Waals surface area contributed by atoms with Gasteiger partial charge in [0.1, 0.15) is 11.4 Å². The number of carbonyl (C=O) groups is 1. The molecule has 1 amide bonds. The van der Waals surface area contributed by atoms with Gasteiger partial charge in [0.25, 0.3) is 0 Å². The summed E-state index contributed by atoms with van der Waals surface area (Å²) < 4.78 is 7.54. The van der Waals surface area contributed by atoms with E-state index in [1.807, 2.05) is 31.9 Å². The summed E-state index contributed by atoms with van der Waals surface area (Å²) in [5, 5.41) is 0. The predicted octanol–water partition coefficient (Wildman–Crippen LogP) is 1.95. The summed E-state index contributed by atoms with van der Waals surface area (Å²) >= 11 is 0. The Kier molecular flexibility index (Phi) is 2.03. The van der Waals surface area contributed by atoms with E-state index in [4.69, 9.17) is 4.74 Å². The molecule has 0 saturated carbocycles. The number of aromatic nitrogens is 2. The molecule has 1 aromatic rings. The summed E-state index contributed by atoms with van der Waals surface area (Å²) in [5.74, 6) is 0.985. The average molecular weight is 235 g/mol. The average Bonchev–Trinajstić information content (AvgIpc) is 2.60. The maximum absolute atomic E-state index is 12.1. The Morgan fingerprint density at radius 3 is 3.00 bits per heavy atom. The van der Waals surface area contributed by atoms with Crippen LogP contribution in [0.3, 0.4) is 0 Å². The molecule has 0 radical (unpaired) electrons. The van der Waals surface area contributed by atoms with Crippen LogP contribution in [0, 0.1) is 0 Å². The number of carbonyl (C=O) groups excluding carboxylic acids is 1. The molecule has 4 heterocycles. The van der Waals surface area contributed by atoms with Crippen molar-refractivity contribution < 1.29 is 9.53 Å². The molecule has 5 nitrogen and oxygen atoms in total. The fraction of sp³-hybridized carbons (Fsp3) is 0.667. The van der Waals surface area contributed by atoms with Crippen molar-refractivity contribution in [2.45, 2.75) is 51.4 Å². The molecule has 1 fully saturated rings. The monoisotopic (exact) mass is 235 g/mol. The third-order valence-corrected chi connectivity index (χ3v) is 3.28. The van der Waals surface area contributed by atoms with E-state index in [0.29, 0.717) is 0 Å². The highest BCUT2D eigenvalue weighted by Crippen LogP contribution is 2.43. The van der Waals surface area contributed by atoms with Gasteiger partial charge in [-0.3, -0.25) is 4.90 Å². The van der Waals surface area contributed by atoms with Crippen LogP contribution < -0.4 is 0 Å². The second kappa shape index (κ2) is 3.24. The highest BCUT2D eigenvalue weighted by atomic mass is 16.6. The van der Waals surface area contributed by atoms with Crippen LogP contribution in [0.1, 0.15) is 39.1 Å². The first-order chi connectivity index (χ1) is 7.96. The summed E-state index contributed by atoms with van der Waals surface area (Å²) in [4.78, 5) is 18.2. The second-order valence-corrected chi connectivity index (χ2v) is 5.73. The summed E-state index contributed by atoms with van der Waals surface area (Å²) in [5.41, 5.74) is -0.434. The zero-order valence-corrected chi connectivity index (χ0v) is 10.4. The number of nitrogens with zero attached hydrogens (tertiary/aromatic N) is 3. The SMILES string of the molecule is CC(C)(C)OC(=O)N1[C@H]2C[C@@H]1c1nccn1C2. The van der Waals surface area contributed by atoms with Gasteiger partial charge in [0.2, 0.25) is 0 Å². The minimum atomic E-state index is -0.434. The zero-order chi connectivity index (χ0) is 12.2. The van der Waals surface area contributed by atoms with Gasteiger partial charge in [0.15, 0.2) is 0 Å². The van der Waals surface area contributed by atoms with Gasteiger partial charge < -0.3 is 9.30 Å². The maximum atomic E-state index is 12.1. The highest BCUT2D eigenvalue weighted by Gasteiger charge is 2.49. The quantitative estimate of drug-likeness (QED) is 0.690. The van der Waals surface area contributed by atoms with E-state index in [9.17, 15) is 4.79 Å². The van der Waals surface area contributed by atoms with Gasteiger partial charge in [-0.15, -0.1) is 0 Å². The van der Waals surface area contributed by atoms with Crippen molar-refractivity contribution in [2.75, 3.05) is 0 Å². The van der Waals surface area contributed by atoms with E-state index in [2.05, 4.69) is 9.55 Å². The lowest BCUT2D eigenvalue weighted by Crippen LogP contribution is -2.59. The van der Waals surface area contributed by atoms with E-state index in [-0.39, 0.29) is 18.2 Å². The Labute approximate surface area is 100 Å². The maximum Gasteiger partial charge on any atom is 0.411 e. The third kappa shape index (κ3) is 1.61. The second-order valence-electron chi connectivity index (χ2n) is 5.73. The van der Waals surface area contributed by atoms with Crippen LogP contribution in [0.2, 0.25) is 0 Å². The van der Waals surface area contributed by atoms with Gasteiger partial charge in [0, 0.05) is 18.9 Å². The lowest BCUT2D eigenvalue weighted by Gasteiger charge is -2.51. The van der Waals surface area contributed by atoms with Crippen LogP contribution in [0.4, 0.5) is 4.79 Å². The normalized spacial score (nSPS) is 26.2. The molecule has 1 aromatic heterocycles. The molecule has 5 heteroatoms. The van der Waals surface area contributed by atoms with Crippen LogP contribution >= 0.6 is 0 Å². The van der Waals surface area contributed by atoms with Crippen molar-refractivity contribution in [1.29, 1.82) is 0 Å². The minimum absolute atomic E-state index is 0.110. The van der Waals surface area contributed by atoms with Gasteiger partial charge >= 0.3 is 6.09 Å². The summed E-state index contributed by atoms with van der Waals surface area (Å²) in [6.45, 7) is 6.51. The Morgan fingerprint density at radius 2 is 2.29 bits per heavy atom. The van der Waals surface area contributed by atoms with Crippen LogP contribution in [-0.4, -0.2) is 32.2 Å². The predicted molar refractivity (Wildman–Crippen MR) is 61.4 cm³/mol. The van der Waals surface area contributed by atoms with Crippen molar-refractivity contribution >= 4 is 6.09 Å². The molecule has 17 heavy (non-hydrogen) atoms. The first kappa shape index (κ1) is 10.6. The number of amides is 1. The van der Waals surface area contributed by atoms with E-state index < -0.39 is 5.60 Å². The van der Waals surface area contributed by atoms with Crippen LogP contribution in [0.15, 0.2) is 12.4 Å². The Bertz CT molecular complexity index is 461. The zero-order valence-electron chi connectivity index (χ0n) is 10.4. The lowest BCUT2D eigenvalue weighted by atomic mass is 9.89. The lowest BCUT2D eigenvalue weighted by molar-refractivity contribution is -0.0517. The fourth-order valence-electron chi connectivity index (χ4n) is 2.58. The fourth-order valence-corrected chi connectivity index (χ4v) is 2.58. The molecule has 1 saturated heterocycles. The Hall–Kier alpha value is -1.52. The molecule has 0 unspecified atom stereocenters. The van der Waals surface area contributed by atoms with Gasteiger partial charge in [-0.1, -0.05) is 0 Å². The van der Waals surface area contributed by atoms with Gasteiger partial charge in [-0.25, -0.2) is 9.78 Å². The van der Waals surface area contributed by atoms with Crippen LogP contribution in [-0.2, 0) is 11.3 Å². The van der Waals surface area contributed by atoms with Gasteiger partial charge in [-0.05, 0) is 27.2 Å². The van der Waals surface area contributed by atoms with E-state index in [1.165, 1.54) is 0 Å². The topological polar surface area (TPSA) is 47.4 Å². The van der Waals surface area contributed by atoms with Gasteiger partial charge in [0.05, 0.1) is 12.1 Å². The molecular formula is C12H17N3O2. The molecule has 4 rings (SSSR count). The van der Waals surface area contributed by atoms with Gasteiger partial charge in [-0.2, -0.15) is 0 Å². The summed E-state index contributed by atoms with van der Waals surface area (Å²) in [7, 11) is 0. The number of hydrogen-bond acceptors (Lipinski definition) is 3. The van der Waals surface area contributed by atoms with E-state index in [0.717, 1.165) is 18.8 Å². The van der Waals surface area contributed by atoms with E-state index >= 15 is 0 Å². The molecule has 2 bridgehead atoms. The summed E-state index contributed by atoms with van der Waals surface area (Å²) in [6, 6.07) is 0.384. The van der Waals surface area contributed by atoms with Crippen molar-refractivity contribution in [3.63, 3.8) is 0 Å². The first-order valence-corrected chi connectivity index (χ1v) is 5.98. The summed E-state index contributed by atoms with van der Waals surface area (Å²) in [6.07, 6.45) is 4.56. The molecule has 3 aliphatic heterocycles. The highest BCUT2D eigenvalue weighted by molar-refractivity contribution is 5.70. The van der Waals surface area contributed by atoms with Crippen molar-refractivity contribution in [3.8, 4) is 0 Å². The van der Waals surface area contributed by atoms with Crippen molar-refractivity contribution in [1.82, 2.24) is 14.5 Å². The number of ether oxygens (including phenoxy) is 1. The first-order valence-electron chi connectivity index (χ1n) is 5.98. The molecule has 2 atom stereocenters. The molecule has 92 valence electrons. The molecular weight excluding hydrogens is 218 g/mol.